The molecule has 3 aromatic rings. The molecule has 3 heteroatoms. The second-order valence-corrected chi connectivity index (χ2v) is 6.13. The van der Waals surface area contributed by atoms with E-state index in [1.54, 1.807) is 0 Å². The Balaban J connectivity index is 1.44. The Morgan fingerprint density at radius 3 is 2.54 bits per heavy atom. The van der Waals surface area contributed by atoms with Crippen molar-refractivity contribution >= 4 is 16.8 Å². The summed E-state index contributed by atoms with van der Waals surface area (Å²) >= 11 is 0. The summed E-state index contributed by atoms with van der Waals surface area (Å²) in [6.07, 6.45) is 5.27. The molecule has 1 heterocycles. The van der Waals surface area contributed by atoms with Gasteiger partial charge in [-0.1, -0.05) is 49.4 Å². The number of rotatable bonds is 7. The Hall–Kier alpha value is -2.55. The number of para-hydroxylation sites is 1. The molecule has 2 N–H and O–H groups in total. The molecule has 0 atom stereocenters. The summed E-state index contributed by atoms with van der Waals surface area (Å²) in [6, 6.07) is 16.8. The number of benzene rings is 2. The Morgan fingerprint density at radius 1 is 1.00 bits per heavy atom. The van der Waals surface area contributed by atoms with Gasteiger partial charge >= 0.3 is 0 Å². The predicted octanol–water partition coefficient (Wildman–Crippen LogP) is 4.02. The molecule has 0 aliphatic rings. The van der Waals surface area contributed by atoms with Crippen LogP contribution in [0.5, 0.6) is 0 Å². The van der Waals surface area contributed by atoms with Gasteiger partial charge in [0.25, 0.3) is 0 Å². The van der Waals surface area contributed by atoms with E-state index in [4.69, 9.17) is 0 Å². The molecular weight excluding hydrogens is 296 g/mol. The molecule has 1 aromatic heterocycles. The lowest BCUT2D eigenvalue weighted by molar-refractivity contribution is -0.121. The highest BCUT2D eigenvalue weighted by molar-refractivity contribution is 5.83. The molecule has 0 spiro atoms. The summed E-state index contributed by atoms with van der Waals surface area (Å²) in [5.41, 5.74) is 4.95. The zero-order chi connectivity index (χ0) is 16.8. The summed E-state index contributed by atoms with van der Waals surface area (Å²) in [6.45, 7) is 2.83. The van der Waals surface area contributed by atoms with E-state index in [1.165, 1.54) is 22.1 Å². The van der Waals surface area contributed by atoms with Crippen LogP contribution in [0.1, 0.15) is 30.0 Å². The molecule has 0 aliphatic carbocycles. The molecule has 1 amide bonds. The van der Waals surface area contributed by atoms with Crippen molar-refractivity contribution in [3.05, 3.63) is 71.4 Å². The normalized spacial score (nSPS) is 10.9. The first-order valence-electron chi connectivity index (χ1n) is 8.66. The van der Waals surface area contributed by atoms with Crippen molar-refractivity contribution in [2.45, 2.75) is 32.6 Å². The number of amides is 1. The van der Waals surface area contributed by atoms with Gasteiger partial charge in [-0.2, -0.15) is 0 Å². The lowest BCUT2D eigenvalue weighted by atomic mass is 10.1. The number of aryl methyl sites for hydroxylation is 2. The van der Waals surface area contributed by atoms with Crippen LogP contribution in [0.2, 0.25) is 0 Å². The Labute approximate surface area is 143 Å². The van der Waals surface area contributed by atoms with Gasteiger partial charge in [0.15, 0.2) is 0 Å². The Morgan fingerprint density at radius 2 is 1.75 bits per heavy atom. The van der Waals surface area contributed by atoms with Gasteiger partial charge in [-0.05, 0) is 42.0 Å². The van der Waals surface area contributed by atoms with Crippen molar-refractivity contribution in [2.24, 2.45) is 0 Å². The molecule has 3 rings (SSSR count). The van der Waals surface area contributed by atoms with Gasteiger partial charge in [-0.15, -0.1) is 0 Å². The van der Waals surface area contributed by atoms with Gasteiger partial charge < -0.3 is 10.3 Å². The maximum absolute atomic E-state index is 12.0. The topological polar surface area (TPSA) is 44.9 Å². The quantitative estimate of drug-likeness (QED) is 0.678. The van der Waals surface area contributed by atoms with Crippen LogP contribution >= 0.6 is 0 Å². The van der Waals surface area contributed by atoms with Crippen molar-refractivity contribution in [3.63, 3.8) is 0 Å². The van der Waals surface area contributed by atoms with Crippen LogP contribution in [0.15, 0.2) is 54.7 Å². The molecule has 0 fully saturated rings. The third-order valence-corrected chi connectivity index (χ3v) is 4.46. The fraction of sp³-hybridized carbons (Fsp3) is 0.286. The highest BCUT2D eigenvalue weighted by atomic mass is 16.1. The van der Waals surface area contributed by atoms with E-state index in [-0.39, 0.29) is 5.91 Å². The standard InChI is InChI=1S/C21H24N2O/c1-2-16-7-9-17(10-8-16)11-12-21(24)22-14-13-18-15-23-20-6-4-3-5-19(18)20/h3-10,15,23H,2,11-14H2,1H3,(H,22,24). The molecule has 0 saturated heterocycles. The summed E-state index contributed by atoms with van der Waals surface area (Å²) in [7, 11) is 0. The molecule has 3 nitrogen and oxygen atoms in total. The summed E-state index contributed by atoms with van der Waals surface area (Å²) in [5.74, 6) is 0.120. The number of aromatic amines is 1. The van der Waals surface area contributed by atoms with Crippen LogP contribution in [-0.2, 0) is 24.1 Å². The first-order valence-corrected chi connectivity index (χ1v) is 8.66. The maximum Gasteiger partial charge on any atom is 0.220 e. The maximum atomic E-state index is 12.0. The molecule has 0 unspecified atom stereocenters. The molecule has 0 aliphatic heterocycles. The zero-order valence-corrected chi connectivity index (χ0v) is 14.1. The largest absolute Gasteiger partial charge is 0.361 e. The van der Waals surface area contributed by atoms with Gasteiger partial charge in [-0.25, -0.2) is 0 Å². The van der Waals surface area contributed by atoms with E-state index in [1.807, 2.05) is 18.3 Å². The van der Waals surface area contributed by atoms with Crippen LogP contribution in [0.25, 0.3) is 10.9 Å². The number of H-pyrrole nitrogens is 1. The monoisotopic (exact) mass is 320 g/mol. The molecule has 124 valence electrons. The molecule has 0 radical (unpaired) electrons. The number of carbonyl (C=O) groups is 1. The molecule has 2 aromatic carbocycles. The number of hydrogen-bond donors (Lipinski definition) is 2. The van der Waals surface area contributed by atoms with Crippen molar-refractivity contribution in [2.75, 3.05) is 6.54 Å². The average molecular weight is 320 g/mol. The number of aromatic nitrogens is 1. The van der Waals surface area contributed by atoms with Crippen LogP contribution in [0.4, 0.5) is 0 Å². The molecule has 0 saturated carbocycles. The van der Waals surface area contributed by atoms with Crippen molar-refractivity contribution < 1.29 is 4.79 Å². The zero-order valence-electron chi connectivity index (χ0n) is 14.1. The highest BCUT2D eigenvalue weighted by Gasteiger charge is 2.05. The Bertz CT molecular complexity index is 802. The number of carbonyl (C=O) groups excluding carboxylic acids is 1. The second kappa shape index (κ2) is 7.82. The van der Waals surface area contributed by atoms with E-state index in [0.717, 1.165) is 24.8 Å². The fourth-order valence-corrected chi connectivity index (χ4v) is 2.96. The first kappa shape index (κ1) is 16.3. The van der Waals surface area contributed by atoms with E-state index in [2.05, 4.69) is 53.6 Å². The van der Waals surface area contributed by atoms with E-state index in [9.17, 15) is 4.79 Å². The van der Waals surface area contributed by atoms with Gasteiger partial charge in [0.05, 0.1) is 0 Å². The van der Waals surface area contributed by atoms with Gasteiger partial charge in [0.1, 0.15) is 0 Å². The SMILES string of the molecule is CCc1ccc(CCC(=O)NCCc2c[nH]c3ccccc23)cc1. The van der Waals surface area contributed by atoms with E-state index < -0.39 is 0 Å². The first-order chi connectivity index (χ1) is 11.8. The minimum atomic E-state index is 0.120. The van der Waals surface area contributed by atoms with Gasteiger partial charge in [-0.3, -0.25) is 4.79 Å². The van der Waals surface area contributed by atoms with Crippen LogP contribution in [0.3, 0.4) is 0 Å². The summed E-state index contributed by atoms with van der Waals surface area (Å²) in [5, 5.41) is 4.26. The van der Waals surface area contributed by atoms with Crippen LogP contribution < -0.4 is 5.32 Å². The number of fused-ring (bicyclic) bond motifs is 1. The third-order valence-electron chi connectivity index (χ3n) is 4.46. The molecular formula is C21H24N2O. The minimum absolute atomic E-state index is 0.120. The van der Waals surface area contributed by atoms with E-state index in [0.29, 0.717) is 13.0 Å². The van der Waals surface area contributed by atoms with Gasteiger partial charge in [0.2, 0.25) is 5.91 Å². The third kappa shape index (κ3) is 4.05. The number of nitrogens with one attached hydrogen (secondary N) is 2. The van der Waals surface area contributed by atoms with Crippen molar-refractivity contribution in [1.82, 2.24) is 10.3 Å². The van der Waals surface area contributed by atoms with Crippen LogP contribution in [-0.4, -0.2) is 17.4 Å². The lowest BCUT2D eigenvalue weighted by Crippen LogP contribution is -2.25. The fourth-order valence-electron chi connectivity index (χ4n) is 2.96. The molecule has 0 bridgehead atoms. The summed E-state index contributed by atoms with van der Waals surface area (Å²) in [4.78, 5) is 15.3. The van der Waals surface area contributed by atoms with Crippen molar-refractivity contribution in [1.29, 1.82) is 0 Å². The minimum Gasteiger partial charge on any atom is -0.361 e. The summed E-state index contributed by atoms with van der Waals surface area (Å²) < 4.78 is 0. The lowest BCUT2D eigenvalue weighted by Gasteiger charge is -2.06. The predicted molar refractivity (Wildman–Crippen MR) is 99.2 cm³/mol. The second-order valence-electron chi connectivity index (χ2n) is 6.13. The number of hydrogen-bond acceptors (Lipinski definition) is 1. The Kier molecular flexibility index (Phi) is 5.32. The smallest absolute Gasteiger partial charge is 0.220 e. The van der Waals surface area contributed by atoms with E-state index >= 15 is 0 Å². The average Bonchev–Trinajstić information content (AvgIpc) is 3.04. The molecule has 24 heavy (non-hydrogen) atoms. The highest BCUT2D eigenvalue weighted by Crippen LogP contribution is 2.17. The van der Waals surface area contributed by atoms with Crippen LogP contribution in [0, 0.1) is 0 Å². The van der Waals surface area contributed by atoms with Gasteiger partial charge in [0, 0.05) is 30.1 Å². The van der Waals surface area contributed by atoms with Crippen molar-refractivity contribution in [3.8, 4) is 0 Å².